The fourth-order valence-corrected chi connectivity index (χ4v) is 0.575. The highest BCUT2D eigenvalue weighted by Crippen LogP contribution is 1.80. The molecule has 0 aromatic carbocycles. The monoisotopic (exact) mass is 239 g/mol. The average Bonchev–Trinajstić information content (AvgIpc) is 2.14. The van der Waals surface area contributed by atoms with E-state index in [2.05, 4.69) is 0 Å². The lowest BCUT2D eigenvalue weighted by Gasteiger charge is -2.08. The molecule has 8 nitrogen and oxygen atoms in total. The predicted molar refractivity (Wildman–Crippen MR) is 52.9 cm³/mol. The Morgan fingerprint density at radius 3 is 1.50 bits per heavy atom. The summed E-state index contributed by atoms with van der Waals surface area (Å²) < 4.78 is 0. The molecule has 0 atom stereocenters. The number of hydrogen-bond acceptors (Lipinski definition) is 6. The van der Waals surface area contributed by atoms with E-state index in [9.17, 15) is 9.59 Å². The molecule has 0 saturated heterocycles. The molecule has 0 aromatic rings. The lowest BCUT2D eigenvalue weighted by molar-refractivity contribution is -0.141. The van der Waals surface area contributed by atoms with E-state index in [1.165, 1.54) is 11.9 Å². The molecule has 0 aliphatic carbocycles. The van der Waals surface area contributed by atoms with Crippen LogP contribution in [0.3, 0.4) is 0 Å². The molecule has 0 unspecified atom stereocenters. The van der Waals surface area contributed by atoms with Gasteiger partial charge in [0.1, 0.15) is 6.10 Å². The number of aliphatic hydroxyl groups excluding tert-OH is 3. The first-order valence-corrected chi connectivity index (χ1v) is 4.35. The number of aliphatic carboxylic acids is 2. The van der Waals surface area contributed by atoms with E-state index < -0.39 is 18.0 Å². The van der Waals surface area contributed by atoms with Crippen LogP contribution in [0.25, 0.3) is 0 Å². The van der Waals surface area contributed by atoms with E-state index in [0.29, 0.717) is 0 Å². The highest BCUT2D eigenvalue weighted by molar-refractivity contribution is 5.72. The summed E-state index contributed by atoms with van der Waals surface area (Å²) in [7, 11) is 1.43. The van der Waals surface area contributed by atoms with Gasteiger partial charge in [-0.2, -0.15) is 0 Å². The molecule has 16 heavy (non-hydrogen) atoms. The van der Waals surface area contributed by atoms with Gasteiger partial charge >= 0.3 is 11.9 Å². The molecule has 96 valence electrons. The number of carbonyl (C=O) groups is 2. The minimum Gasteiger partial charge on any atom is -0.480 e. The van der Waals surface area contributed by atoms with Gasteiger partial charge in [-0.3, -0.25) is 14.5 Å². The van der Waals surface area contributed by atoms with E-state index in [0.717, 1.165) is 0 Å². The summed E-state index contributed by atoms with van der Waals surface area (Å²) in [4.78, 5) is 21.1. The Kier molecular flexibility index (Phi) is 11.1. The Hall–Kier alpha value is -1.22. The number of aliphatic hydroxyl groups is 3. The van der Waals surface area contributed by atoms with Gasteiger partial charge in [0.15, 0.2) is 0 Å². The first-order valence-electron chi connectivity index (χ1n) is 4.35. The summed E-state index contributed by atoms with van der Waals surface area (Å²) in [6.45, 7) is -1.22. The van der Waals surface area contributed by atoms with Crippen molar-refractivity contribution >= 4 is 11.9 Å². The Balaban J connectivity index is 0. The minimum atomic E-state index is -1.02. The van der Waals surface area contributed by atoms with Crippen LogP contribution in [0.1, 0.15) is 0 Å². The number of likely N-dealkylation sites (N-methyl/N-ethyl adjacent to an activating group) is 1. The average molecular weight is 239 g/mol. The van der Waals surface area contributed by atoms with Gasteiger partial charge in [0.05, 0.1) is 26.3 Å². The van der Waals surface area contributed by atoms with Crippen molar-refractivity contribution in [2.45, 2.75) is 6.10 Å². The lowest BCUT2D eigenvalue weighted by Crippen LogP contribution is -2.30. The van der Waals surface area contributed by atoms with Gasteiger partial charge in [-0.1, -0.05) is 0 Å². The maximum atomic E-state index is 9.96. The highest BCUT2D eigenvalue weighted by atomic mass is 16.4. The number of nitrogens with zero attached hydrogens (tertiary/aromatic N) is 1. The minimum absolute atomic E-state index is 0.244. The largest absolute Gasteiger partial charge is 0.480 e. The molecule has 0 saturated carbocycles. The molecule has 0 aliphatic rings. The number of carboxylic acids is 2. The fourth-order valence-electron chi connectivity index (χ4n) is 0.575. The SMILES string of the molecule is CN(CC(=O)O)CC(=O)O.OCC(O)CO. The van der Waals surface area contributed by atoms with Crippen LogP contribution in [0.2, 0.25) is 0 Å². The van der Waals surface area contributed by atoms with Crippen LogP contribution in [-0.2, 0) is 9.59 Å². The standard InChI is InChI=1S/C5H9NO4.C3H8O3/c1-6(2-4(7)8)3-5(9)10;4-1-3(6)2-5/h2-3H2,1H3,(H,7,8)(H,9,10);3-6H,1-2H2. The van der Waals surface area contributed by atoms with Gasteiger partial charge in [-0.25, -0.2) is 0 Å². The molecule has 5 N–H and O–H groups in total. The fraction of sp³-hybridized carbons (Fsp3) is 0.750. The summed E-state index contributed by atoms with van der Waals surface area (Å²) in [6.07, 6.45) is -0.954. The smallest absolute Gasteiger partial charge is 0.317 e. The van der Waals surface area contributed by atoms with Crippen LogP contribution in [-0.4, -0.2) is 81.8 Å². The van der Waals surface area contributed by atoms with Crippen molar-refractivity contribution in [1.82, 2.24) is 4.90 Å². The molecule has 0 aliphatic heterocycles. The summed E-state index contributed by atoms with van der Waals surface area (Å²) in [5, 5.41) is 40.3. The Morgan fingerprint density at radius 1 is 1.06 bits per heavy atom. The van der Waals surface area contributed by atoms with Crippen molar-refractivity contribution in [3.05, 3.63) is 0 Å². The lowest BCUT2D eigenvalue weighted by atomic mass is 10.4. The first kappa shape index (κ1) is 17.2. The predicted octanol–water partition coefficient (Wildman–Crippen LogP) is -2.58. The van der Waals surface area contributed by atoms with Gasteiger partial charge in [-0.05, 0) is 7.05 Å². The molecule has 0 spiro atoms. The van der Waals surface area contributed by atoms with Crippen LogP contribution < -0.4 is 0 Å². The second-order valence-electron chi connectivity index (χ2n) is 2.98. The zero-order valence-electron chi connectivity index (χ0n) is 8.91. The van der Waals surface area contributed by atoms with Crippen LogP contribution >= 0.6 is 0 Å². The van der Waals surface area contributed by atoms with Crippen molar-refractivity contribution in [2.75, 3.05) is 33.4 Å². The summed E-state index contributed by atoms with van der Waals surface area (Å²) in [5.41, 5.74) is 0. The normalized spacial score (nSPS) is 9.88. The van der Waals surface area contributed by atoms with E-state index >= 15 is 0 Å². The van der Waals surface area contributed by atoms with Crippen molar-refractivity contribution in [3.63, 3.8) is 0 Å². The topological polar surface area (TPSA) is 139 Å². The van der Waals surface area contributed by atoms with E-state index in [1.54, 1.807) is 0 Å². The maximum Gasteiger partial charge on any atom is 0.317 e. The molecule has 0 bridgehead atoms. The van der Waals surface area contributed by atoms with E-state index in [-0.39, 0.29) is 26.3 Å². The third-order valence-electron chi connectivity index (χ3n) is 1.23. The molecule has 0 aromatic heterocycles. The van der Waals surface area contributed by atoms with Crippen LogP contribution in [0.15, 0.2) is 0 Å². The Bertz CT molecular complexity index is 189. The van der Waals surface area contributed by atoms with Gasteiger partial charge in [0.25, 0.3) is 0 Å². The molecule has 0 radical (unpaired) electrons. The second-order valence-corrected chi connectivity index (χ2v) is 2.98. The van der Waals surface area contributed by atoms with Gasteiger partial charge < -0.3 is 25.5 Å². The molecule has 8 heteroatoms. The van der Waals surface area contributed by atoms with Crippen molar-refractivity contribution in [3.8, 4) is 0 Å². The van der Waals surface area contributed by atoms with Crippen molar-refractivity contribution < 1.29 is 35.1 Å². The van der Waals surface area contributed by atoms with Crippen LogP contribution in [0.4, 0.5) is 0 Å². The number of carboxylic acid groups (broad SMARTS) is 2. The Morgan fingerprint density at radius 2 is 1.38 bits per heavy atom. The number of hydrogen-bond donors (Lipinski definition) is 5. The maximum absolute atomic E-state index is 9.96. The van der Waals surface area contributed by atoms with E-state index in [1.807, 2.05) is 0 Å². The van der Waals surface area contributed by atoms with Crippen LogP contribution in [0.5, 0.6) is 0 Å². The van der Waals surface area contributed by atoms with Gasteiger partial charge in [0.2, 0.25) is 0 Å². The quantitative estimate of drug-likeness (QED) is 0.340. The molecule has 0 rings (SSSR count). The van der Waals surface area contributed by atoms with E-state index in [4.69, 9.17) is 25.5 Å². The van der Waals surface area contributed by atoms with Crippen LogP contribution in [0, 0.1) is 0 Å². The molecule has 0 amide bonds. The molecule has 0 heterocycles. The van der Waals surface area contributed by atoms with Crippen molar-refractivity contribution in [2.24, 2.45) is 0 Å². The Labute approximate surface area is 92.4 Å². The zero-order chi connectivity index (χ0) is 13.1. The third-order valence-corrected chi connectivity index (χ3v) is 1.23. The molecular formula is C8H17NO7. The van der Waals surface area contributed by atoms with Gasteiger partial charge in [-0.15, -0.1) is 0 Å². The summed E-state index contributed by atoms with van der Waals surface area (Å²) >= 11 is 0. The molecule has 0 fully saturated rings. The third kappa shape index (κ3) is 15.3. The van der Waals surface area contributed by atoms with Gasteiger partial charge in [0, 0.05) is 0 Å². The first-order chi connectivity index (χ1) is 7.33. The van der Waals surface area contributed by atoms with Crippen molar-refractivity contribution in [1.29, 1.82) is 0 Å². The number of rotatable bonds is 6. The highest BCUT2D eigenvalue weighted by Gasteiger charge is 2.06. The zero-order valence-corrected chi connectivity index (χ0v) is 8.91. The molecular weight excluding hydrogens is 222 g/mol. The summed E-state index contributed by atoms with van der Waals surface area (Å²) in [5.74, 6) is -2.05. The summed E-state index contributed by atoms with van der Waals surface area (Å²) in [6, 6.07) is 0. The second kappa shape index (κ2) is 10.3.